The number of hydrogen-bond acceptors (Lipinski definition) is 5. The number of carbonyl (C=O) groups excluding carboxylic acids is 1. The van der Waals surface area contributed by atoms with Gasteiger partial charge in [-0.05, 0) is 72.1 Å². The molecule has 5 rings (SSSR count). The summed E-state index contributed by atoms with van der Waals surface area (Å²) in [5.41, 5.74) is 1.97. The van der Waals surface area contributed by atoms with Gasteiger partial charge in [-0.1, -0.05) is 39.0 Å². The van der Waals surface area contributed by atoms with Crippen molar-refractivity contribution in [1.82, 2.24) is 4.90 Å². The van der Waals surface area contributed by atoms with Crippen LogP contribution in [0.1, 0.15) is 57.6 Å². The molecule has 1 N–H and O–H groups in total. The Labute approximate surface area is 200 Å². The quantitative estimate of drug-likeness (QED) is 0.673. The van der Waals surface area contributed by atoms with E-state index in [9.17, 15) is 18.3 Å². The van der Waals surface area contributed by atoms with Crippen LogP contribution in [0.4, 0.5) is 0 Å². The van der Waals surface area contributed by atoms with Crippen molar-refractivity contribution in [2.45, 2.75) is 68.5 Å². The van der Waals surface area contributed by atoms with Crippen LogP contribution < -0.4 is 0 Å². The van der Waals surface area contributed by atoms with E-state index in [0.29, 0.717) is 29.3 Å². The number of phenols is 1. The summed E-state index contributed by atoms with van der Waals surface area (Å²) < 4.78 is 25.9. The molecule has 2 heterocycles. The van der Waals surface area contributed by atoms with Gasteiger partial charge in [-0.2, -0.15) is 0 Å². The summed E-state index contributed by atoms with van der Waals surface area (Å²) in [5.74, 6) is 0.550. The van der Waals surface area contributed by atoms with Gasteiger partial charge in [0, 0.05) is 23.9 Å². The predicted molar refractivity (Wildman–Crippen MR) is 130 cm³/mol. The average molecular weight is 488 g/mol. The molecule has 0 radical (unpaired) electrons. The van der Waals surface area contributed by atoms with Gasteiger partial charge in [0.15, 0.2) is 9.84 Å². The molecule has 2 bridgehead atoms. The highest BCUT2D eigenvalue weighted by atomic mass is 32.2. The zero-order valence-corrected chi connectivity index (χ0v) is 21.2. The first-order valence-electron chi connectivity index (χ1n) is 11.9. The van der Waals surface area contributed by atoms with Crippen LogP contribution >= 0.6 is 11.3 Å². The van der Waals surface area contributed by atoms with Gasteiger partial charge in [-0.3, -0.25) is 4.79 Å². The summed E-state index contributed by atoms with van der Waals surface area (Å²) >= 11 is 1.26. The lowest BCUT2D eigenvalue weighted by molar-refractivity contribution is -0.148. The number of thiophene rings is 1. The van der Waals surface area contributed by atoms with E-state index in [0.717, 1.165) is 24.8 Å². The topological polar surface area (TPSA) is 74.7 Å². The van der Waals surface area contributed by atoms with Gasteiger partial charge in [0.25, 0.3) is 0 Å². The summed E-state index contributed by atoms with van der Waals surface area (Å²) in [4.78, 5) is 15.8. The molecule has 1 saturated carbocycles. The van der Waals surface area contributed by atoms with Crippen molar-refractivity contribution in [3.63, 3.8) is 0 Å². The van der Waals surface area contributed by atoms with E-state index >= 15 is 0 Å². The monoisotopic (exact) mass is 487 g/mol. The van der Waals surface area contributed by atoms with Gasteiger partial charge in [-0.15, -0.1) is 11.3 Å². The number of sulfone groups is 1. The van der Waals surface area contributed by atoms with Crippen molar-refractivity contribution in [2.24, 2.45) is 17.3 Å². The fourth-order valence-corrected chi connectivity index (χ4v) is 9.49. The second-order valence-electron chi connectivity index (χ2n) is 10.9. The molecule has 2 aromatic rings. The minimum absolute atomic E-state index is 0.0263. The first kappa shape index (κ1) is 22.9. The van der Waals surface area contributed by atoms with Crippen LogP contribution in [-0.2, 0) is 26.5 Å². The van der Waals surface area contributed by atoms with Gasteiger partial charge in [-0.25, -0.2) is 8.42 Å². The lowest BCUT2D eigenvalue weighted by Gasteiger charge is -2.61. The van der Waals surface area contributed by atoms with E-state index in [1.165, 1.54) is 16.9 Å². The molecule has 178 valence electrons. The SMILES string of the molecule is CC1(C)[C@H]2Cc3c(O)cccc3[C@]1(C)CCN2C(=O)[C@@H]1CC[C@@H](CS(=O)(=O)c2cccs2)C1. The maximum Gasteiger partial charge on any atom is 0.225 e. The zero-order chi connectivity index (χ0) is 23.6. The largest absolute Gasteiger partial charge is 0.508 e. The third-order valence-electron chi connectivity index (χ3n) is 9.06. The van der Waals surface area contributed by atoms with Gasteiger partial charge < -0.3 is 10.0 Å². The summed E-state index contributed by atoms with van der Waals surface area (Å²) in [6.45, 7) is 7.51. The van der Waals surface area contributed by atoms with Crippen molar-refractivity contribution >= 4 is 27.1 Å². The third-order valence-corrected chi connectivity index (χ3v) is 12.4. The number of hydrogen-bond donors (Lipinski definition) is 1. The van der Waals surface area contributed by atoms with E-state index in [1.807, 2.05) is 6.07 Å². The molecule has 1 amide bonds. The molecule has 0 spiro atoms. The maximum absolute atomic E-state index is 13.7. The Morgan fingerprint density at radius 1 is 1.18 bits per heavy atom. The molecule has 1 aliphatic heterocycles. The van der Waals surface area contributed by atoms with Crippen molar-refractivity contribution in [1.29, 1.82) is 0 Å². The smallest absolute Gasteiger partial charge is 0.225 e. The second kappa shape index (κ2) is 7.84. The second-order valence-corrected chi connectivity index (χ2v) is 14.2. The average Bonchev–Trinajstić information content (AvgIpc) is 3.43. The summed E-state index contributed by atoms with van der Waals surface area (Å²) in [5, 5.41) is 12.4. The molecule has 0 unspecified atom stereocenters. The number of piperidine rings is 1. The molecule has 3 aliphatic rings. The highest BCUT2D eigenvalue weighted by molar-refractivity contribution is 7.93. The molecule has 1 aromatic heterocycles. The minimum atomic E-state index is -3.29. The van der Waals surface area contributed by atoms with Gasteiger partial charge in [0.1, 0.15) is 9.96 Å². The van der Waals surface area contributed by atoms with Crippen LogP contribution in [0.25, 0.3) is 0 Å². The van der Waals surface area contributed by atoms with Crippen LogP contribution in [0.15, 0.2) is 39.9 Å². The highest BCUT2D eigenvalue weighted by Crippen LogP contribution is 2.57. The molecule has 1 aromatic carbocycles. The van der Waals surface area contributed by atoms with Crippen LogP contribution in [0.5, 0.6) is 5.75 Å². The van der Waals surface area contributed by atoms with Crippen LogP contribution in [0, 0.1) is 17.3 Å². The Balaban J connectivity index is 1.35. The van der Waals surface area contributed by atoms with Gasteiger partial charge in [0.05, 0.1) is 5.75 Å². The summed E-state index contributed by atoms with van der Waals surface area (Å²) in [7, 11) is -3.29. The van der Waals surface area contributed by atoms with Crippen LogP contribution in [-0.4, -0.2) is 42.7 Å². The number of nitrogens with zero attached hydrogens (tertiary/aromatic N) is 1. The van der Waals surface area contributed by atoms with E-state index in [2.05, 4.69) is 31.7 Å². The lowest BCUT2D eigenvalue weighted by atomic mass is 9.51. The maximum atomic E-state index is 13.7. The van der Waals surface area contributed by atoms with Crippen molar-refractivity contribution in [3.05, 3.63) is 46.8 Å². The normalized spacial score (nSPS) is 30.8. The molecule has 2 aliphatic carbocycles. The fourth-order valence-electron chi connectivity index (χ4n) is 6.71. The number of phenolic OH excluding ortho intramolecular Hbond substituents is 1. The number of amides is 1. The molecular weight excluding hydrogens is 454 g/mol. The Bertz CT molecular complexity index is 1170. The van der Waals surface area contributed by atoms with Gasteiger partial charge >= 0.3 is 0 Å². The molecule has 5 nitrogen and oxygen atoms in total. The molecule has 4 atom stereocenters. The Morgan fingerprint density at radius 2 is 1.97 bits per heavy atom. The van der Waals surface area contributed by atoms with E-state index in [-0.39, 0.29) is 40.4 Å². The highest BCUT2D eigenvalue weighted by Gasteiger charge is 2.57. The van der Waals surface area contributed by atoms with Gasteiger partial charge in [0.2, 0.25) is 5.91 Å². The standard InChI is InChI=1S/C26H33NO4S2/c1-25(2)22-15-19-20(6-4-7-21(19)28)26(25,3)11-12-27(22)24(29)18-10-9-17(14-18)16-33(30,31)23-8-5-13-32-23/h4-8,13,17-18,22,28H,9-12,14-16H2,1-3H3/t17-,18-,22-,26+/m1/s1. The van der Waals surface area contributed by atoms with Crippen molar-refractivity contribution < 1.29 is 18.3 Å². The Kier molecular flexibility index (Phi) is 5.44. The molecule has 1 saturated heterocycles. The van der Waals surface area contributed by atoms with Crippen molar-refractivity contribution in [2.75, 3.05) is 12.3 Å². The summed E-state index contributed by atoms with van der Waals surface area (Å²) in [6, 6.07) is 9.28. The number of rotatable bonds is 4. The predicted octanol–water partition coefficient (Wildman–Crippen LogP) is 4.78. The van der Waals surface area contributed by atoms with Crippen LogP contribution in [0.3, 0.4) is 0 Å². The first-order valence-corrected chi connectivity index (χ1v) is 14.5. The Morgan fingerprint density at radius 3 is 2.70 bits per heavy atom. The minimum Gasteiger partial charge on any atom is -0.508 e. The number of benzene rings is 1. The Hall–Kier alpha value is -1.86. The first-order chi connectivity index (χ1) is 15.5. The molecule has 7 heteroatoms. The zero-order valence-electron chi connectivity index (χ0n) is 19.6. The molecular formula is C26H33NO4S2. The van der Waals surface area contributed by atoms with E-state index in [1.54, 1.807) is 23.6 Å². The summed E-state index contributed by atoms with van der Waals surface area (Å²) in [6.07, 6.45) is 3.71. The molecule has 33 heavy (non-hydrogen) atoms. The number of likely N-dealkylation sites (tertiary alicyclic amines) is 1. The van der Waals surface area contributed by atoms with Crippen molar-refractivity contribution in [3.8, 4) is 5.75 Å². The lowest BCUT2D eigenvalue weighted by Crippen LogP contribution is -2.65. The third kappa shape index (κ3) is 3.54. The number of carbonyl (C=O) groups is 1. The fraction of sp³-hybridized carbons (Fsp3) is 0.577. The van der Waals surface area contributed by atoms with E-state index in [4.69, 9.17) is 0 Å². The van der Waals surface area contributed by atoms with Crippen LogP contribution in [0.2, 0.25) is 0 Å². The number of aromatic hydroxyl groups is 1. The number of fused-ring (bicyclic) bond motifs is 4. The van der Waals surface area contributed by atoms with E-state index < -0.39 is 9.84 Å². The molecule has 2 fully saturated rings.